The summed E-state index contributed by atoms with van der Waals surface area (Å²) in [5.41, 5.74) is 0.995. The standard InChI is InChI=1S/C8H10OS/c1-9-8(10)7-5-3-2-4-6-7/h2-6,8,10H,1H3. The fourth-order valence-electron chi connectivity index (χ4n) is 0.754. The first-order chi connectivity index (χ1) is 4.84. The third-order valence-corrected chi connectivity index (χ3v) is 1.82. The van der Waals surface area contributed by atoms with Crippen LogP contribution in [-0.2, 0) is 4.74 Å². The molecule has 1 nitrogen and oxygen atoms in total. The summed E-state index contributed by atoms with van der Waals surface area (Å²) in [7, 11) is 1.64. The second-order valence-electron chi connectivity index (χ2n) is 2.00. The summed E-state index contributed by atoms with van der Waals surface area (Å²) >= 11 is 4.20. The van der Waals surface area contributed by atoms with Crippen LogP contribution in [-0.4, -0.2) is 7.11 Å². The molecule has 0 aliphatic carbocycles. The van der Waals surface area contributed by atoms with Crippen LogP contribution in [0, 0.1) is 0 Å². The Balaban J connectivity index is 2.75. The highest BCUT2D eigenvalue weighted by molar-refractivity contribution is 7.80. The van der Waals surface area contributed by atoms with Crippen LogP contribution >= 0.6 is 12.6 Å². The van der Waals surface area contributed by atoms with Gasteiger partial charge in [0, 0.05) is 7.11 Å². The Kier molecular flexibility index (Phi) is 2.78. The Morgan fingerprint density at radius 1 is 1.30 bits per heavy atom. The van der Waals surface area contributed by atoms with Crippen LogP contribution in [0.1, 0.15) is 11.0 Å². The van der Waals surface area contributed by atoms with Crippen molar-refractivity contribution in [3.63, 3.8) is 0 Å². The molecule has 1 atom stereocenters. The van der Waals surface area contributed by atoms with E-state index in [2.05, 4.69) is 12.6 Å². The Bertz CT molecular complexity index is 186. The highest BCUT2D eigenvalue weighted by Crippen LogP contribution is 2.18. The van der Waals surface area contributed by atoms with Gasteiger partial charge in [0.25, 0.3) is 0 Å². The molecule has 54 valence electrons. The highest BCUT2D eigenvalue weighted by atomic mass is 32.1. The average Bonchev–Trinajstić information content (AvgIpc) is 2.05. The summed E-state index contributed by atoms with van der Waals surface area (Å²) in [5, 5.41) is 0. The van der Waals surface area contributed by atoms with E-state index in [1.807, 2.05) is 30.3 Å². The molecular weight excluding hydrogens is 144 g/mol. The zero-order valence-corrected chi connectivity index (χ0v) is 6.71. The van der Waals surface area contributed by atoms with Crippen LogP contribution in [0.25, 0.3) is 0 Å². The minimum absolute atomic E-state index is 0.0961. The zero-order chi connectivity index (χ0) is 7.40. The van der Waals surface area contributed by atoms with Crippen LogP contribution in [0.2, 0.25) is 0 Å². The molecule has 0 bridgehead atoms. The summed E-state index contributed by atoms with van der Waals surface area (Å²) in [5.74, 6) is 0. The van der Waals surface area contributed by atoms with E-state index in [0.717, 1.165) is 5.56 Å². The topological polar surface area (TPSA) is 9.23 Å². The molecule has 0 fully saturated rings. The molecule has 2 heteroatoms. The van der Waals surface area contributed by atoms with Crippen molar-refractivity contribution in [2.24, 2.45) is 0 Å². The lowest BCUT2D eigenvalue weighted by Crippen LogP contribution is -1.90. The Morgan fingerprint density at radius 3 is 2.40 bits per heavy atom. The van der Waals surface area contributed by atoms with Crippen LogP contribution in [0.3, 0.4) is 0 Å². The van der Waals surface area contributed by atoms with Crippen molar-refractivity contribution in [2.45, 2.75) is 5.44 Å². The van der Waals surface area contributed by atoms with Gasteiger partial charge in [0.1, 0.15) is 5.44 Å². The fraction of sp³-hybridized carbons (Fsp3) is 0.250. The first-order valence-corrected chi connectivity index (χ1v) is 3.62. The summed E-state index contributed by atoms with van der Waals surface area (Å²) < 4.78 is 5.00. The van der Waals surface area contributed by atoms with E-state index in [9.17, 15) is 0 Å². The van der Waals surface area contributed by atoms with E-state index < -0.39 is 0 Å². The molecule has 0 aliphatic rings. The van der Waals surface area contributed by atoms with Gasteiger partial charge in [0.15, 0.2) is 0 Å². The predicted molar refractivity (Wildman–Crippen MR) is 45.2 cm³/mol. The van der Waals surface area contributed by atoms with Gasteiger partial charge in [-0.3, -0.25) is 0 Å². The molecule has 1 aromatic rings. The Labute approximate surface area is 66.4 Å². The number of methoxy groups -OCH3 is 1. The van der Waals surface area contributed by atoms with Crippen molar-refractivity contribution < 1.29 is 4.74 Å². The van der Waals surface area contributed by atoms with E-state index in [1.54, 1.807) is 7.11 Å². The van der Waals surface area contributed by atoms with Crippen molar-refractivity contribution in [1.29, 1.82) is 0 Å². The second kappa shape index (κ2) is 3.64. The van der Waals surface area contributed by atoms with Gasteiger partial charge in [-0.1, -0.05) is 30.3 Å². The summed E-state index contributed by atoms with van der Waals surface area (Å²) in [6.45, 7) is 0. The lowest BCUT2D eigenvalue weighted by atomic mass is 10.2. The minimum atomic E-state index is -0.0961. The van der Waals surface area contributed by atoms with Crippen LogP contribution in [0.5, 0.6) is 0 Å². The molecule has 0 amide bonds. The average molecular weight is 154 g/mol. The van der Waals surface area contributed by atoms with E-state index >= 15 is 0 Å². The molecule has 0 saturated heterocycles. The number of benzene rings is 1. The quantitative estimate of drug-likeness (QED) is 0.508. The number of thiol groups is 1. The molecule has 0 aliphatic heterocycles. The SMILES string of the molecule is COC(S)c1ccccc1. The Hall–Kier alpha value is -0.470. The van der Waals surface area contributed by atoms with E-state index in [4.69, 9.17) is 4.74 Å². The third kappa shape index (κ3) is 1.75. The zero-order valence-electron chi connectivity index (χ0n) is 5.82. The normalized spacial score (nSPS) is 13.0. The summed E-state index contributed by atoms with van der Waals surface area (Å²) in [6.07, 6.45) is 0. The van der Waals surface area contributed by atoms with Gasteiger partial charge in [0.2, 0.25) is 0 Å². The molecule has 1 unspecified atom stereocenters. The summed E-state index contributed by atoms with van der Waals surface area (Å²) in [4.78, 5) is 0. The lowest BCUT2D eigenvalue weighted by Gasteiger charge is -2.06. The fourth-order valence-corrected chi connectivity index (χ4v) is 0.926. The lowest BCUT2D eigenvalue weighted by molar-refractivity contribution is 0.177. The first-order valence-electron chi connectivity index (χ1n) is 3.10. The summed E-state index contributed by atoms with van der Waals surface area (Å²) in [6, 6.07) is 9.89. The smallest absolute Gasteiger partial charge is 0.125 e. The molecule has 0 radical (unpaired) electrons. The van der Waals surface area contributed by atoms with Crippen molar-refractivity contribution in [2.75, 3.05) is 7.11 Å². The molecule has 0 spiro atoms. The Morgan fingerprint density at radius 2 is 1.90 bits per heavy atom. The van der Waals surface area contributed by atoms with Gasteiger partial charge >= 0.3 is 0 Å². The molecule has 0 N–H and O–H groups in total. The number of hydrogen-bond donors (Lipinski definition) is 1. The second-order valence-corrected chi connectivity index (χ2v) is 2.47. The van der Waals surface area contributed by atoms with E-state index in [-0.39, 0.29) is 5.44 Å². The first kappa shape index (κ1) is 7.63. The van der Waals surface area contributed by atoms with Gasteiger partial charge in [-0.2, -0.15) is 0 Å². The number of ether oxygens (including phenoxy) is 1. The van der Waals surface area contributed by atoms with Crippen molar-refractivity contribution >= 4 is 12.6 Å². The minimum Gasteiger partial charge on any atom is -0.366 e. The van der Waals surface area contributed by atoms with Crippen molar-refractivity contribution in [3.05, 3.63) is 35.9 Å². The van der Waals surface area contributed by atoms with Crippen molar-refractivity contribution in [3.8, 4) is 0 Å². The largest absolute Gasteiger partial charge is 0.366 e. The highest BCUT2D eigenvalue weighted by Gasteiger charge is 2.00. The molecule has 0 heterocycles. The van der Waals surface area contributed by atoms with Gasteiger partial charge in [-0.25, -0.2) is 0 Å². The predicted octanol–water partition coefficient (Wildman–Crippen LogP) is 2.26. The van der Waals surface area contributed by atoms with Gasteiger partial charge in [-0.15, -0.1) is 12.6 Å². The number of rotatable bonds is 2. The van der Waals surface area contributed by atoms with Crippen LogP contribution in [0.15, 0.2) is 30.3 Å². The molecule has 0 saturated carbocycles. The van der Waals surface area contributed by atoms with E-state index in [0.29, 0.717) is 0 Å². The van der Waals surface area contributed by atoms with Crippen LogP contribution in [0.4, 0.5) is 0 Å². The molecule has 1 rings (SSSR count). The van der Waals surface area contributed by atoms with Crippen molar-refractivity contribution in [1.82, 2.24) is 0 Å². The van der Waals surface area contributed by atoms with Gasteiger partial charge in [0.05, 0.1) is 0 Å². The van der Waals surface area contributed by atoms with Gasteiger partial charge in [-0.05, 0) is 5.56 Å². The maximum Gasteiger partial charge on any atom is 0.125 e. The number of hydrogen-bond acceptors (Lipinski definition) is 2. The maximum atomic E-state index is 5.00. The molecule has 1 aromatic carbocycles. The molecule has 10 heavy (non-hydrogen) atoms. The third-order valence-electron chi connectivity index (χ3n) is 1.31. The monoisotopic (exact) mass is 154 g/mol. The molecule has 0 aromatic heterocycles. The van der Waals surface area contributed by atoms with Gasteiger partial charge < -0.3 is 4.74 Å². The van der Waals surface area contributed by atoms with Crippen LogP contribution < -0.4 is 0 Å². The molecular formula is C8H10OS. The van der Waals surface area contributed by atoms with E-state index in [1.165, 1.54) is 0 Å². The maximum absolute atomic E-state index is 5.00.